The number of hydrogen-bond donors (Lipinski definition) is 2. The van der Waals surface area contributed by atoms with Gasteiger partial charge in [-0.2, -0.15) is 4.98 Å². The number of hydrogen-bond acceptors (Lipinski definition) is 6. The summed E-state index contributed by atoms with van der Waals surface area (Å²) in [4.78, 5) is 8.55. The van der Waals surface area contributed by atoms with Crippen LogP contribution in [0, 0.1) is 12.3 Å². The van der Waals surface area contributed by atoms with E-state index in [2.05, 4.69) is 20.4 Å². The molecule has 1 aliphatic rings. The van der Waals surface area contributed by atoms with E-state index >= 15 is 0 Å². The van der Waals surface area contributed by atoms with Gasteiger partial charge in [0.05, 0.1) is 0 Å². The van der Waals surface area contributed by atoms with Crippen LogP contribution in [0.5, 0.6) is 0 Å². The summed E-state index contributed by atoms with van der Waals surface area (Å²) in [5, 5.41) is 16.4. The van der Waals surface area contributed by atoms with Crippen molar-refractivity contribution in [1.29, 1.82) is 0 Å². The highest BCUT2D eigenvalue weighted by Crippen LogP contribution is 2.43. The van der Waals surface area contributed by atoms with Crippen LogP contribution in [-0.2, 0) is 0 Å². The molecule has 1 saturated carbocycles. The minimum absolute atomic E-state index is 0.230. The van der Waals surface area contributed by atoms with Gasteiger partial charge in [0.15, 0.2) is 5.82 Å². The van der Waals surface area contributed by atoms with Crippen molar-refractivity contribution in [3.05, 3.63) is 24.2 Å². The fourth-order valence-corrected chi connectivity index (χ4v) is 2.78. The standard InChI is InChI=1S/C15H20N4O2/c1-11-18-14(21-19-11)12-3-7-16-13(9-12)17-10-15(6-8-20)4-2-5-15/h3,7,9,20H,2,4-6,8,10H2,1H3,(H,16,17). The van der Waals surface area contributed by atoms with Crippen LogP contribution >= 0.6 is 0 Å². The van der Waals surface area contributed by atoms with Gasteiger partial charge in [0.2, 0.25) is 0 Å². The van der Waals surface area contributed by atoms with Crippen LogP contribution in [0.4, 0.5) is 5.82 Å². The first kappa shape index (κ1) is 14.0. The maximum Gasteiger partial charge on any atom is 0.258 e. The third-order valence-corrected chi connectivity index (χ3v) is 4.24. The summed E-state index contributed by atoms with van der Waals surface area (Å²) in [5.41, 5.74) is 1.09. The molecule has 112 valence electrons. The third kappa shape index (κ3) is 3.05. The number of aliphatic hydroxyl groups excluding tert-OH is 1. The van der Waals surface area contributed by atoms with E-state index in [1.54, 1.807) is 13.1 Å². The second kappa shape index (κ2) is 5.81. The van der Waals surface area contributed by atoms with Gasteiger partial charge in [-0.05, 0) is 43.7 Å². The van der Waals surface area contributed by atoms with Crippen molar-refractivity contribution in [2.24, 2.45) is 5.41 Å². The molecule has 2 aromatic heterocycles. The molecule has 2 heterocycles. The Balaban J connectivity index is 1.69. The van der Waals surface area contributed by atoms with Crippen LogP contribution in [0.2, 0.25) is 0 Å². The highest BCUT2D eigenvalue weighted by molar-refractivity contribution is 5.57. The van der Waals surface area contributed by atoms with Crippen molar-refractivity contribution in [1.82, 2.24) is 15.1 Å². The largest absolute Gasteiger partial charge is 0.396 e. The van der Waals surface area contributed by atoms with Crippen LogP contribution in [0.15, 0.2) is 22.9 Å². The summed E-state index contributed by atoms with van der Waals surface area (Å²) < 4.78 is 5.17. The van der Waals surface area contributed by atoms with E-state index in [1.165, 1.54) is 19.3 Å². The van der Waals surface area contributed by atoms with Gasteiger partial charge in [-0.1, -0.05) is 11.6 Å². The molecule has 6 heteroatoms. The average Bonchev–Trinajstić information content (AvgIpc) is 2.89. The lowest BCUT2D eigenvalue weighted by molar-refractivity contribution is 0.102. The molecule has 1 aliphatic carbocycles. The molecule has 0 atom stereocenters. The average molecular weight is 288 g/mol. The molecule has 0 aliphatic heterocycles. The predicted octanol–water partition coefficient (Wildman–Crippen LogP) is 2.40. The topological polar surface area (TPSA) is 84.1 Å². The van der Waals surface area contributed by atoms with Crippen molar-refractivity contribution in [3.8, 4) is 11.5 Å². The van der Waals surface area contributed by atoms with E-state index in [1.807, 2.05) is 12.1 Å². The number of anilines is 1. The van der Waals surface area contributed by atoms with Gasteiger partial charge < -0.3 is 14.9 Å². The van der Waals surface area contributed by atoms with E-state index in [4.69, 9.17) is 4.52 Å². The number of pyridine rings is 1. The molecule has 0 bridgehead atoms. The molecule has 0 saturated heterocycles. The van der Waals surface area contributed by atoms with E-state index in [0.29, 0.717) is 11.7 Å². The Bertz CT molecular complexity index is 607. The molecule has 1 fully saturated rings. The SMILES string of the molecule is Cc1noc(-c2ccnc(NCC3(CCO)CCC3)c2)n1. The van der Waals surface area contributed by atoms with Gasteiger partial charge >= 0.3 is 0 Å². The third-order valence-electron chi connectivity index (χ3n) is 4.24. The van der Waals surface area contributed by atoms with Crippen LogP contribution < -0.4 is 5.32 Å². The molecule has 0 spiro atoms. The number of aromatic nitrogens is 3. The first-order valence-corrected chi connectivity index (χ1v) is 7.32. The van der Waals surface area contributed by atoms with Crippen molar-refractivity contribution in [2.75, 3.05) is 18.5 Å². The highest BCUT2D eigenvalue weighted by Gasteiger charge is 2.36. The molecular formula is C15H20N4O2. The molecule has 0 amide bonds. The molecular weight excluding hydrogens is 268 g/mol. The summed E-state index contributed by atoms with van der Waals surface area (Å²) in [6.45, 7) is 2.88. The van der Waals surface area contributed by atoms with Gasteiger partial charge in [0.25, 0.3) is 5.89 Å². The molecule has 21 heavy (non-hydrogen) atoms. The van der Waals surface area contributed by atoms with Crippen molar-refractivity contribution in [2.45, 2.75) is 32.6 Å². The van der Waals surface area contributed by atoms with Gasteiger partial charge in [-0.25, -0.2) is 4.98 Å². The van der Waals surface area contributed by atoms with Gasteiger partial charge in [-0.15, -0.1) is 0 Å². The number of rotatable bonds is 6. The first-order chi connectivity index (χ1) is 10.2. The zero-order valence-corrected chi connectivity index (χ0v) is 12.2. The van der Waals surface area contributed by atoms with Gasteiger partial charge in [-0.3, -0.25) is 0 Å². The monoisotopic (exact) mass is 288 g/mol. The fraction of sp³-hybridized carbons (Fsp3) is 0.533. The van der Waals surface area contributed by atoms with Crippen LogP contribution in [0.1, 0.15) is 31.5 Å². The number of aryl methyl sites for hydroxylation is 1. The molecule has 2 aromatic rings. The summed E-state index contributed by atoms with van der Waals surface area (Å²) in [5.74, 6) is 1.92. The van der Waals surface area contributed by atoms with Crippen molar-refractivity contribution < 1.29 is 9.63 Å². The Kier molecular flexibility index (Phi) is 3.88. The number of aliphatic hydroxyl groups is 1. The summed E-state index contributed by atoms with van der Waals surface area (Å²) >= 11 is 0. The summed E-state index contributed by atoms with van der Waals surface area (Å²) in [6, 6.07) is 3.77. The molecule has 0 aromatic carbocycles. The van der Waals surface area contributed by atoms with E-state index in [0.717, 1.165) is 24.3 Å². The second-order valence-corrected chi connectivity index (χ2v) is 5.76. The molecule has 3 rings (SSSR count). The second-order valence-electron chi connectivity index (χ2n) is 5.76. The number of nitrogens with zero attached hydrogens (tertiary/aromatic N) is 3. The van der Waals surface area contributed by atoms with Crippen molar-refractivity contribution in [3.63, 3.8) is 0 Å². The highest BCUT2D eigenvalue weighted by atomic mass is 16.5. The number of nitrogens with one attached hydrogen (secondary N) is 1. The van der Waals surface area contributed by atoms with E-state index in [-0.39, 0.29) is 12.0 Å². The maximum absolute atomic E-state index is 9.19. The smallest absolute Gasteiger partial charge is 0.258 e. The Morgan fingerprint density at radius 1 is 1.43 bits per heavy atom. The Hall–Kier alpha value is -1.95. The summed E-state index contributed by atoms with van der Waals surface area (Å²) in [7, 11) is 0. The lowest BCUT2D eigenvalue weighted by Gasteiger charge is -2.42. The van der Waals surface area contributed by atoms with E-state index < -0.39 is 0 Å². The lowest BCUT2D eigenvalue weighted by Crippen LogP contribution is -2.37. The van der Waals surface area contributed by atoms with Crippen molar-refractivity contribution >= 4 is 5.82 Å². The van der Waals surface area contributed by atoms with E-state index in [9.17, 15) is 5.11 Å². The molecule has 6 nitrogen and oxygen atoms in total. The minimum atomic E-state index is 0.230. The zero-order chi connectivity index (χ0) is 14.7. The zero-order valence-electron chi connectivity index (χ0n) is 12.2. The molecule has 0 unspecified atom stereocenters. The van der Waals surface area contributed by atoms with Crippen LogP contribution in [0.25, 0.3) is 11.5 Å². The Morgan fingerprint density at radius 2 is 2.29 bits per heavy atom. The first-order valence-electron chi connectivity index (χ1n) is 7.32. The molecule has 0 radical (unpaired) electrons. The van der Waals surface area contributed by atoms with Gasteiger partial charge in [0, 0.05) is 24.9 Å². The Morgan fingerprint density at radius 3 is 2.90 bits per heavy atom. The fourth-order valence-electron chi connectivity index (χ4n) is 2.78. The maximum atomic E-state index is 9.19. The quantitative estimate of drug-likeness (QED) is 0.849. The predicted molar refractivity (Wildman–Crippen MR) is 78.7 cm³/mol. The normalized spacial score (nSPS) is 16.5. The lowest BCUT2D eigenvalue weighted by atomic mass is 9.67. The minimum Gasteiger partial charge on any atom is -0.396 e. The van der Waals surface area contributed by atoms with Crippen LogP contribution in [0.3, 0.4) is 0 Å². The van der Waals surface area contributed by atoms with Gasteiger partial charge in [0.1, 0.15) is 5.82 Å². The summed E-state index contributed by atoms with van der Waals surface area (Å²) in [6.07, 6.45) is 6.17. The molecule has 2 N–H and O–H groups in total. The van der Waals surface area contributed by atoms with Crippen LogP contribution in [-0.4, -0.2) is 33.4 Å². The Labute approximate surface area is 123 Å².